The van der Waals surface area contributed by atoms with E-state index in [1.807, 2.05) is 19.1 Å². The van der Waals surface area contributed by atoms with Gasteiger partial charge in [0.05, 0.1) is 14.2 Å². The molecule has 0 spiro atoms. The van der Waals surface area contributed by atoms with Gasteiger partial charge in [0, 0.05) is 38.0 Å². The average molecular weight is 374 g/mol. The van der Waals surface area contributed by atoms with Gasteiger partial charge in [0.1, 0.15) is 5.75 Å². The second-order valence-corrected chi connectivity index (χ2v) is 6.71. The molecule has 27 heavy (non-hydrogen) atoms. The van der Waals surface area contributed by atoms with Crippen molar-refractivity contribution < 1.29 is 33.5 Å². The number of rotatable bonds is 4. The molecule has 2 aliphatic rings. The van der Waals surface area contributed by atoms with Crippen LogP contribution in [0.2, 0.25) is 0 Å². The normalized spacial score (nSPS) is 22.7. The van der Waals surface area contributed by atoms with E-state index in [1.54, 1.807) is 19.2 Å². The predicted octanol–water partition coefficient (Wildman–Crippen LogP) is 3.42. The third-order valence-electron chi connectivity index (χ3n) is 5.12. The molecule has 0 unspecified atom stereocenters. The Hall–Kier alpha value is -2.80. The minimum atomic E-state index is -0.816. The molecule has 2 atom stereocenters. The molecule has 0 aromatic heterocycles. The summed E-state index contributed by atoms with van der Waals surface area (Å²) in [6, 6.07) is 7.37. The highest BCUT2D eigenvalue weighted by Gasteiger charge is 2.40. The number of phenolic OH excluding ortho intramolecular Hbond substituents is 1. The zero-order valence-corrected chi connectivity index (χ0v) is 15.7. The zero-order valence-electron chi connectivity index (χ0n) is 15.7. The molecule has 0 saturated heterocycles. The monoisotopic (exact) mass is 374 g/mol. The Kier molecular flexibility index (Phi) is 4.19. The smallest absolute Gasteiger partial charge is 0.231 e. The molecule has 7 heteroatoms. The maximum Gasteiger partial charge on any atom is 0.231 e. The number of methoxy groups -OCH3 is 3. The van der Waals surface area contributed by atoms with Crippen LogP contribution in [-0.4, -0.2) is 39.0 Å². The molecular formula is C20H22O7. The first kappa shape index (κ1) is 17.6. The van der Waals surface area contributed by atoms with Gasteiger partial charge in [-0.3, -0.25) is 0 Å². The minimum Gasteiger partial charge on any atom is -0.502 e. The molecule has 0 saturated carbocycles. The minimum absolute atomic E-state index is 0.0313. The molecule has 2 aromatic rings. The van der Waals surface area contributed by atoms with Gasteiger partial charge in [-0.1, -0.05) is 0 Å². The second-order valence-electron chi connectivity index (χ2n) is 6.71. The van der Waals surface area contributed by atoms with Gasteiger partial charge >= 0.3 is 0 Å². The van der Waals surface area contributed by atoms with Crippen LogP contribution in [0.25, 0.3) is 0 Å². The molecule has 2 heterocycles. The molecule has 4 rings (SSSR count). The largest absolute Gasteiger partial charge is 0.502 e. The van der Waals surface area contributed by atoms with Crippen molar-refractivity contribution in [1.29, 1.82) is 0 Å². The molecule has 2 aliphatic heterocycles. The average Bonchev–Trinajstić information content (AvgIpc) is 3.13. The van der Waals surface area contributed by atoms with E-state index in [2.05, 4.69) is 0 Å². The van der Waals surface area contributed by atoms with Crippen LogP contribution in [0, 0.1) is 0 Å². The Morgan fingerprint density at radius 1 is 0.963 bits per heavy atom. The van der Waals surface area contributed by atoms with E-state index in [-0.39, 0.29) is 18.5 Å². The lowest BCUT2D eigenvalue weighted by Gasteiger charge is -2.39. The number of ether oxygens (including phenoxy) is 6. The van der Waals surface area contributed by atoms with Crippen LogP contribution >= 0.6 is 0 Å². The summed E-state index contributed by atoms with van der Waals surface area (Å²) in [7, 11) is 4.63. The standard InChI is InChI=1S/C20H22O7/c1-20(24-4)9-13(11-5-17(22-2)19(21)18(6-11)23-3)12-7-15-16(26-10-25-15)8-14(12)27-20/h5-8,13,21H,9-10H2,1-4H3/t13-,20-/m0/s1. The van der Waals surface area contributed by atoms with Crippen molar-refractivity contribution in [2.75, 3.05) is 28.1 Å². The van der Waals surface area contributed by atoms with Crippen molar-refractivity contribution >= 4 is 0 Å². The van der Waals surface area contributed by atoms with Crippen LogP contribution in [0.15, 0.2) is 24.3 Å². The van der Waals surface area contributed by atoms with Gasteiger partial charge in [0.25, 0.3) is 0 Å². The topological polar surface area (TPSA) is 75.6 Å². The zero-order chi connectivity index (χ0) is 19.2. The van der Waals surface area contributed by atoms with Gasteiger partial charge in [0.2, 0.25) is 18.3 Å². The lowest BCUT2D eigenvalue weighted by atomic mass is 9.82. The lowest BCUT2D eigenvalue weighted by Crippen LogP contribution is -2.40. The van der Waals surface area contributed by atoms with Crippen LogP contribution < -0.4 is 23.7 Å². The molecule has 1 N–H and O–H groups in total. The van der Waals surface area contributed by atoms with Crippen LogP contribution in [0.4, 0.5) is 0 Å². The molecular weight excluding hydrogens is 352 g/mol. The lowest BCUT2D eigenvalue weighted by molar-refractivity contribution is -0.163. The van der Waals surface area contributed by atoms with E-state index in [1.165, 1.54) is 14.2 Å². The second kappa shape index (κ2) is 6.42. The molecule has 2 aromatic carbocycles. The van der Waals surface area contributed by atoms with Gasteiger partial charge in [-0.15, -0.1) is 0 Å². The number of hydrogen-bond donors (Lipinski definition) is 1. The Bertz CT molecular complexity index is 854. The molecule has 0 fully saturated rings. The Balaban J connectivity index is 1.88. The molecule has 144 valence electrons. The maximum atomic E-state index is 10.2. The van der Waals surface area contributed by atoms with Gasteiger partial charge < -0.3 is 33.5 Å². The molecule has 0 aliphatic carbocycles. The highest BCUT2D eigenvalue weighted by Crippen LogP contribution is 2.51. The molecule has 7 nitrogen and oxygen atoms in total. The van der Waals surface area contributed by atoms with Gasteiger partial charge in [0.15, 0.2) is 23.0 Å². The van der Waals surface area contributed by atoms with Crippen LogP contribution in [0.3, 0.4) is 0 Å². The summed E-state index contributed by atoms with van der Waals surface area (Å²) < 4.78 is 33.4. The van der Waals surface area contributed by atoms with Gasteiger partial charge in [-0.05, 0) is 23.8 Å². The van der Waals surface area contributed by atoms with E-state index in [0.717, 1.165) is 11.1 Å². The number of benzene rings is 2. The summed E-state index contributed by atoms with van der Waals surface area (Å²) in [5.41, 5.74) is 1.86. The quantitative estimate of drug-likeness (QED) is 0.879. The first-order valence-corrected chi connectivity index (χ1v) is 8.60. The van der Waals surface area contributed by atoms with E-state index in [9.17, 15) is 5.11 Å². The fourth-order valence-corrected chi connectivity index (χ4v) is 3.59. The third kappa shape index (κ3) is 2.88. The Morgan fingerprint density at radius 2 is 1.59 bits per heavy atom. The van der Waals surface area contributed by atoms with E-state index in [0.29, 0.717) is 35.2 Å². The fraction of sp³-hybridized carbons (Fsp3) is 0.400. The number of phenols is 1. The van der Waals surface area contributed by atoms with E-state index >= 15 is 0 Å². The van der Waals surface area contributed by atoms with Crippen LogP contribution in [0.5, 0.6) is 34.5 Å². The van der Waals surface area contributed by atoms with Gasteiger partial charge in [-0.2, -0.15) is 0 Å². The Morgan fingerprint density at radius 3 is 2.19 bits per heavy atom. The van der Waals surface area contributed by atoms with Crippen LogP contribution in [0.1, 0.15) is 30.4 Å². The third-order valence-corrected chi connectivity index (χ3v) is 5.12. The Labute approximate surface area is 157 Å². The predicted molar refractivity (Wildman–Crippen MR) is 96.3 cm³/mol. The van der Waals surface area contributed by atoms with Crippen molar-refractivity contribution in [2.45, 2.75) is 25.0 Å². The first-order valence-electron chi connectivity index (χ1n) is 8.60. The summed E-state index contributed by atoms with van der Waals surface area (Å²) in [6.07, 6.45) is 0.563. The molecule has 0 radical (unpaired) electrons. The van der Waals surface area contributed by atoms with Crippen molar-refractivity contribution in [3.63, 3.8) is 0 Å². The number of fused-ring (bicyclic) bond motifs is 2. The van der Waals surface area contributed by atoms with E-state index < -0.39 is 5.79 Å². The summed E-state index contributed by atoms with van der Waals surface area (Å²) in [5, 5.41) is 10.2. The highest BCUT2D eigenvalue weighted by molar-refractivity contribution is 5.59. The van der Waals surface area contributed by atoms with Gasteiger partial charge in [-0.25, -0.2) is 0 Å². The van der Waals surface area contributed by atoms with Crippen LogP contribution in [-0.2, 0) is 4.74 Å². The molecule has 0 bridgehead atoms. The van der Waals surface area contributed by atoms with Crippen molar-refractivity contribution in [1.82, 2.24) is 0 Å². The van der Waals surface area contributed by atoms with Crippen molar-refractivity contribution in [3.8, 4) is 34.5 Å². The first-order chi connectivity index (χ1) is 13.0. The summed E-state index contributed by atoms with van der Waals surface area (Å²) >= 11 is 0. The molecule has 0 amide bonds. The summed E-state index contributed by atoms with van der Waals surface area (Å²) in [6.45, 7) is 2.08. The summed E-state index contributed by atoms with van der Waals surface area (Å²) in [4.78, 5) is 0. The summed E-state index contributed by atoms with van der Waals surface area (Å²) in [5.74, 6) is 1.76. The van der Waals surface area contributed by atoms with E-state index in [4.69, 9.17) is 28.4 Å². The SMILES string of the molecule is COc1cc([C@@H]2C[C@@](C)(OC)Oc3cc4c(cc32)OCO4)cc(OC)c1O. The van der Waals surface area contributed by atoms with Crippen molar-refractivity contribution in [2.24, 2.45) is 0 Å². The maximum absolute atomic E-state index is 10.2. The highest BCUT2D eigenvalue weighted by atomic mass is 16.7. The fourth-order valence-electron chi connectivity index (χ4n) is 3.59. The van der Waals surface area contributed by atoms with Crippen molar-refractivity contribution in [3.05, 3.63) is 35.4 Å². The number of aromatic hydroxyl groups is 1. The number of hydrogen-bond acceptors (Lipinski definition) is 7.